The van der Waals surface area contributed by atoms with Gasteiger partial charge in [-0.25, -0.2) is 0 Å². The zero-order chi connectivity index (χ0) is 17.8. The smallest absolute Gasteiger partial charge is 0.290 e. The number of halogens is 1. The second kappa shape index (κ2) is 8.28. The van der Waals surface area contributed by atoms with Gasteiger partial charge >= 0.3 is 0 Å². The Morgan fingerprint density at radius 2 is 2.08 bits per heavy atom. The highest BCUT2D eigenvalue weighted by molar-refractivity contribution is 8.18. The van der Waals surface area contributed by atoms with Crippen molar-refractivity contribution in [2.45, 2.75) is 51.6 Å². The maximum atomic E-state index is 11.7. The zero-order valence-electron chi connectivity index (χ0n) is 14.2. The molecule has 1 N–H and O–H groups in total. The van der Waals surface area contributed by atoms with E-state index in [1.165, 1.54) is 32.1 Å². The predicted octanol–water partition coefficient (Wildman–Crippen LogP) is 5.40. The number of imide groups is 1. The van der Waals surface area contributed by atoms with Crippen molar-refractivity contribution in [2.24, 2.45) is 5.92 Å². The Morgan fingerprint density at radius 1 is 1.32 bits per heavy atom. The first-order valence-electron chi connectivity index (χ1n) is 8.78. The van der Waals surface area contributed by atoms with E-state index in [-0.39, 0.29) is 17.3 Å². The van der Waals surface area contributed by atoms with Crippen molar-refractivity contribution in [1.29, 1.82) is 0 Å². The lowest BCUT2D eigenvalue weighted by Gasteiger charge is -2.30. The number of ether oxygens (including phenoxy) is 1. The van der Waals surface area contributed by atoms with Crippen LogP contribution in [0.3, 0.4) is 0 Å². The zero-order valence-corrected chi connectivity index (χ0v) is 15.8. The number of hydrogen-bond acceptors (Lipinski definition) is 4. The molecule has 2 amide bonds. The maximum absolute atomic E-state index is 11.7. The Bertz CT molecular complexity index is 698. The summed E-state index contributed by atoms with van der Waals surface area (Å²) in [6, 6.07) is 5.55. The van der Waals surface area contributed by atoms with E-state index < -0.39 is 0 Å². The molecular formula is C19H22ClNO3S. The fourth-order valence-corrected chi connectivity index (χ4v) is 4.37. The summed E-state index contributed by atoms with van der Waals surface area (Å²) < 4.78 is 6.25. The molecule has 3 rings (SSSR count). The minimum absolute atomic E-state index is 0.159. The van der Waals surface area contributed by atoms with Gasteiger partial charge in [0.05, 0.1) is 9.93 Å². The Kier molecular flexibility index (Phi) is 6.07. The van der Waals surface area contributed by atoms with Crippen molar-refractivity contribution < 1.29 is 14.3 Å². The summed E-state index contributed by atoms with van der Waals surface area (Å²) in [5, 5.41) is 2.37. The molecule has 2 aliphatic rings. The van der Waals surface area contributed by atoms with Crippen molar-refractivity contribution in [3.05, 3.63) is 33.7 Å². The Morgan fingerprint density at radius 3 is 2.72 bits per heavy atom. The Balaban J connectivity index is 1.79. The third-order valence-electron chi connectivity index (χ3n) is 4.78. The quantitative estimate of drug-likeness (QED) is 0.695. The number of carbonyl (C=O) groups excluding carboxylic acids is 2. The number of nitrogens with one attached hydrogen (secondary N) is 1. The van der Waals surface area contributed by atoms with Crippen LogP contribution in [-0.2, 0) is 4.79 Å². The van der Waals surface area contributed by atoms with Crippen LogP contribution in [0, 0.1) is 5.92 Å². The Labute approximate surface area is 157 Å². The molecule has 1 saturated carbocycles. The van der Waals surface area contributed by atoms with Crippen molar-refractivity contribution in [2.75, 3.05) is 0 Å². The van der Waals surface area contributed by atoms with Gasteiger partial charge in [0.1, 0.15) is 11.9 Å². The summed E-state index contributed by atoms with van der Waals surface area (Å²) in [6.45, 7) is 2.14. The number of rotatable bonds is 5. The normalized spacial score (nSPS) is 21.4. The van der Waals surface area contributed by atoms with Gasteiger partial charge in [0.25, 0.3) is 11.1 Å². The molecule has 4 nitrogen and oxygen atoms in total. The molecule has 0 aromatic heterocycles. The van der Waals surface area contributed by atoms with Crippen LogP contribution < -0.4 is 10.1 Å². The van der Waals surface area contributed by atoms with Crippen molar-refractivity contribution in [3.8, 4) is 5.75 Å². The van der Waals surface area contributed by atoms with Gasteiger partial charge in [0.2, 0.25) is 0 Å². The van der Waals surface area contributed by atoms with E-state index in [2.05, 4.69) is 12.2 Å². The Hall–Kier alpha value is -1.46. The SMILES string of the molecule is CCC(Oc1cccc(/C=C2/SC(=O)NC2=O)c1Cl)C1CCCCC1. The molecule has 1 aliphatic carbocycles. The standard InChI is InChI=1S/C19H22ClNO3S/c1-2-14(12-7-4-3-5-8-12)24-15-10-6-9-13(17(15)20)11-16-18(22)21-19(23)25-16/h6,9-12,14H,2-5,7-8H2,1H3,(H,21,22,23)/b16-11+. The molecule has 0 spiro atoms. The number of thioether (sulfide) groups is 1. The van der Waals surface area contributed by atoms with Crippen LogP contribution in [-0.4, -0.2) is 17.3 Å². The number of benzene rings is 1. The van der Waals surface area contributed by atoms with E-state index in [0.717, 1.165) is 18.2 Å². The first kappa shape index (κ1) is 18.3. The number of carbonyl (C=O) groups is 2. The van der Waals surface area contributed by atoms with Gasteiger partial charge < -0.3 is 4.74 Å². The molecule has 25 heavy (non-hydrogen) atoms. The van der Waals surface area contributed by atoms with Gasteiger partial charge in [-0.3, -0.25) is 14.9 Å². The van der Waals surface area contributed by atoms with Crippen molar-refractivity contribution >= 4 is 40.6 Å². The van der Waals surface area contributed by atoms with Gasteiger partial charge in [-0.2, -0.15) is 0 Å². The minimum atomic E-state index is -0.383. The molecule has 1 aliphatic heterocycles. The van der Waals surface area contributed by atoms with E-state index in [1.807, 2.05) is 18.2 Å². The third-order valence-corrected chi connectivity index (χ3v) is 5.99. The lowest BCUT2D eigenvalue weighted by atomic mass is 9.84. The summed E-state index contributed by atoms with van der Waals surface area (Å²) in [7, 11) is 0. The molecule has 134 valence electrons. The molecule has 0 bridgehead atoms. The molecule has 1 atom stereocenters. The molecule has 1 unspecified atom stereocenters. The predicted molar refractivity (Wildman–Crippen MR) is 102 cm³/mol. The number of amides is 2. The highest BCUT2D eigenvalue weighted by atomic mass is 35.5. The fraction of sp³-hybridized carbons (Fsp3) is 0.474. The summed E-state index contributed by atoms with van der Waals surface area (Å²) in [5.74, 6) is 0.833. The van der Waals surface area contributed by atoms with Gasteiger partial charge in [-0.1, -0.05) is 49.9 Å². The van der Waals surface area contributed by atoms with Crippen LogP contribution in [0.2, 0.25) is 5.02 Å². The molecule has 1 heterocycles. The van der Waals surface area contributed by atoms with Gasteiger partial charge in [-0.05, 0) is 54.6 Å². The summed E-state index contributed by atoms with van der Waals surface area (Å²) in [5.41, 5.74) is 0.685. The first-order valence-corrected chi connectivity index (χ1v) is 9.98. The number of hydrogen-bond donors (Lipinski definition) is 1. The topological polar surface area (TPSA) is 55.4 Å². The van der Waals surface area contributed by atoms with Crippen LogP contribution in [0.15, 0.2) is 23.1 Å². The lowest BCUT2D eigenvalue weighted by molar-refractivity contribution is -0.115. The third kappa shape index (κ3) is 4.39. The van der Waals surface area contributed by atoms with E-state index in [9.17, 15) is 9.59 Å². The van der Waals surface area contributed by atoms with E-state index in [1.54, 1.807) is 6.08 Å². The van der Waals surface area contributed by atoms with Crippen LogP contribution in [0.4, 0.5) is 4.79 Å². The molecule has 1 aromatic carbocycles. The maximum Gasteiger partial charge on any atom is 0.290 e. The van der Waals surface area contributed by atoms with Gasteiger partial charge in [0, 0.05) is 0 Å². The lowest BCUT2D eigenvalue weighted by Crippen LogP contribution is -2.28. The van der Waals surface area contributed by atoms with E-state index >= 15 is 0 Å². The van der Waals surface area contributed by atoms with Gasteiger partial charge in [-0.15, -0.1) is 0 Å². The van der Waals surface area contributed by atoms with Crippen LogP contribution in [0.1, 0.15) is 51.0 Å². The molecular weight excluding hydrogens is 358 g/mol. The van der Waals surface area contributed by atoms with Crippen LogP contribution in [0.25, 0.3) is 6.08 Å². The fourth-order valence-electron chi connectivity index (χ4n) is 3.47. The molecule has 0 radical (unpaired) electrons. The monoisotopic (exact) mass is 379 g/mol. The van der Waals surface area contributed by atoms with Gasteiger partial charge in [0.15, 0.2) is 0 Å². The summed E-state index contributed by atoms with van der Waals surface area (Å²) in [6.07, 6.45) is 9.01. The van der Waals surface area contributed by atoms with E-state index in [0.29, 0.717) is 27.2 Å². The minimum Gasteiger partial charge on any atom is -0.489 e. The molecule has 1 saturated heterocycles. The van der Waals surface area contributed by atoms with Crippen LogP contribution in [0.5, 0.6) is 5.75 Å². The second-order valence-corrected chi connectivity index (χ2v) is 7.87. The largest absolute Gasteiger partial charge is 0.489 e. The molecule has 2 fully saturated rings. The highest BCUT2D eigenvalue weighted by Crippen LogP contribution is 2.36. The average molecular weight is 380 g/mol. The summed E-state index contributed by atoms with van der Waals surface area (Å²) >= 11 is 7.40. The first-order chi connectivity index (χ1) is 12.1. The van der Waals surface area contributed by atoms with Crippen LogP contribution >= 0.6 is 23.4 Å². The second-order valence-electron chi connectivity index (χ2n) is 6.47. The summed E-state index contributed by atoms with van der Waals surface area (Å²) in [4.78, 5) is 23.4. The average Bonchev–Trinajstić information content (AvgIpc) is 2.93. The van der Waals surface area contributed by atoms with E-state index in [4.69, 9.17) is 16.3 Å². The van der Waals surface area contributed by atoms with Crippen molar-refractivity contribution in [1.82, 2.24) is 5.32 Å². The molecule has 1 aromatic rings. The molecule has 6 heteroatoms. The van der Waals surface area contributed by atoms with Crippen molar-refractivity contribution in [3.63, 3.8) is 0 Å². The highest BCUT2D eigenvalue weighted by Gasteiger charge is 2.27.